The number of nitrogens with one attached hydrogen (secondary N) is 1. The lowest BCUT2D eigenvalue weighted by atomic mass is 9.80. The van der Waals surface area contributed by atoms with E-state index >= 15 is 0 Å². The molecule has 3 heterocycles. The van der Waals surface area contributed by atoms with E-state index in [0.29, 0.717) is 18.1 Å². The maximum Gasteiger partial charge on any atom is 0.251 e. The molecular formula is C21H25N7O. The Morgan fingerprint density at radius 2 is 2.17 bits per heavy atom. The van der Waals surface area contributed by atoms with Crippen molar-refractivity contribution in [3.05, 3.63) is 47.0 Å². The highest BCUT2D eigenvalue weighted by molar-refractivity contribution is 5.95. The van der Waals surface area contributed by atoms with Gasteiger partial charge in [-0.1, -0.05) is 24.1 Å². The molecule has 1 saturated carbocycles. The third-order valence-corrected chi connectivity index (χ3v) is 6.65. The number of carbonyl (C=O) groups is 1. The number of aromatic nitrogens is 5. The molecule has 1 amide bonds. The fourth-order valence-corrected chi connectivity index (χ4v) is 5.11. The Balaban J connectivity index is 1.32. The van der Waals surface area contributed by atoms with E-state index in [-0.39, 0.29) is 11.3 Å². The summed E-state index contributed by atoms with van der Waals surface area (Å²) in [5, 5.41) is 19.3. The lowest BCUT2D eigenvalue weighted by molar-refractivity contribution is 0.0927. The highest BCUT2D eigenvalue weighted by atomic mass is 16.1. The molecular weight excluding hydrogens is 366 g/mol. The molecule has 1 aromatic carbocycles. The number of nitrogens with zero attached hydrogens (tertiary/aromatic N) is 6. The fourth-order valence-electron chi connectivity index (χ4n) is 5.11. The van der Waals surface area contributed by atoms with Crippen molar-refractivity contribution in [3.63, 3.8) is 0 Å². The van der Waals surface area contributed by atoms with Crippen LogP contribution in [0.25, 0.3) is 5.65 Å². The molecule has 29 heavy (non-hydrogen) atoms. The SMILES string of the molecule is Cc1ccc(C(=O)NC[C@]23CCC[C@H]2CN(c2ccc4nnnn4n2)C3)c(C)c1. The molecule has 8 heteroatoms. The second-order valence-corrected chi connectivity index (χ2v) is 8.55. The predicted molar refractivity (Wildman–Crippen MR) is 109 cm³/mol. The van der Waals surface area contributed by atoms with Gasteiger partial charge in [0.05, 0.1) is 0 Å². The van der Waals surface area contributed by atoms with Crippen LogP contribution in [-0.2, 0) is 0 Å². The molecule has 2 fully saturated rings. The fraction of sp³-hybridized carbons (Fsp3) is 0.476. The normalized spacial score (nSPS) is 23.5. The third-order valence-electron chi connectivity index (χ3n) is 6.65. The van der Waals surface area contributed by atoms with Crippen LogP contribution < -0.4 is 10.2 Å². The Bertz CT molecular complexity index is 1080. The maximum absolute atomic E-state index is 12.8. The third kappa shape index (κ3) is 3.12. The molecule has 3 aromatic rings. The summed E-state index contributed by atoms with van der Waals surface area (Å²) in [6.07, 6.45) is 3.55. The van der Waals surface area contributed by atoms with E-state index in [1.54, 1.807) is 0 Å². The number of rotatable bonds is 4. The first-order valence-electron chi connectivity index (χ1n) is 10.2. The Labute approximate surface area is 169 Å². The van der Waals surface area contributed by atoms with Crippen molar-refractivity contribution in [2.75, 3.05) is 24.5 Å². The first-order valence-corrected chi connectivity index (χ1v) is 10.2. The van der Waals surface area contributed by atoms with Gasteiger partial charge < -0.3 is 10.2 Å². The lowest BCUT2D eigenvalue weighted by Gasteiger charge is -2.29. The molecule has 150 valence electrons. The van der Waals surface area contributed by atoms with Crippen molar-refractivity contribution in [1.29, 1.82) is 0 Å². The summed E-state index contributed by atoms with van der Waals surface area (Å²) in [5.41, 5.74) is 3.71. The lowest BCUT2D eigenvalue weighted by Crippen LogP contribution is -2.41. The maximum atomic E-state index is 12.8. The van der Waals surface area contributed by atoms with Gasteiger partial charge >= 0.3 is 0 Å². The number of fused-ring (bicyclic) bond motifs is 2. The summed E-state index contributed by atoms with van der Waals surface area (Å²) in [7, 11) is 0. The van der Waals surface area contributed by atoms with Gasteiger partial charge in [-0.25, -0.2) is 0 Å². The van der Waals surface area contributed by atoms with Crippen molar-refractivity contribution in [1.82, 2.24) is 30.6 Å². The van der Waals surface area contributed by atoms with Crippen LogP contribution >= 0.6 is 0 Å². The zero-order chi connectivity index (χ0) is 20.0. The van der Waals surface area contributed by atoms with E-state index in [1.165, 1.54) is 23.0 Å². The monoisotopic (exact) mass is 391 g/mol. The van der Waals surface area contributed by atoms with Gasteiger partial charge in [0.2, 0.25) is 0 Å². The van der Waals surface area contributed by atoms with E-state index in [4.69, 9.17) is 0 Å². The van der Waals surface area contributed by atoms with Crippen LogP contribution in [0.3, 0.4) is 0 Å². The van der Waals surface area contributed by atoms with Gasteiger partial charge in [0, 0.05) is 30.6 Å². The standard InChI is InChI=1S/C21H25N7O/c1-14-5-6-17(15(2)10-14)20(29)22-12-21-9-3-4-16(21)11-27(13-21)19-8-7-18-23-25-26-28(18)24-19/h5-8,10,16H,3-4,9,11-13H2,1-2H3,(H,22,29)/t16-,21-/m0/s1. The Kier molecular flexibility index (Phi) is 4.22. The number of tetrazole rings is 1. The molecule has 2 atom stereocenters. The summed E-state index contributed by atoms with van der Waals surface area (Å²) < 4.78 is 1.47. The van der Waals surface area contributed by atoms with Crippen molar-refractivity contribution in [2.24, 2.45) is 11.3 Å². The topological polar surface area (TPSA) is 88.3 Å². The van der Waals surface area contributed by atoms with Crippen LogP contribution in [0.4, 0.5) is 5.82 Å². The first-order chi connectivity index (χ1) is 14.0. The molecule has 5 rings (SSSR count). The van der Waals surface area contributed by atoms with Crippen molar-refractivity contribution in [3.8, 4) is 0 Å². The summed E-state index contributed by atoms with van der Waals surface area (Å²) in [5.74, 6) is 1.47. The Morgan fingerprint density at radius 1 is 1.28 bits per heavy atom. The zero-order valence-electron chi connectivity index (χ0n) is 16.8. The van der Waals surface area contributed by atoms with Crippen molar-refractivity contribution in [2.45, 2.75) is 33.1 Å². The first kappa shape index (κ1) is 18.0. The summed E-state index contributed by atoms with van der Waals surface area (Å²) in [4.78, 5) is 15.1. The summed E-state index contributed by atoms with van der Waals surface area (Å²) in [6, 6.07) is 9.86. The minimum atomic E-state index is 0.0224. The number of aryl methyl sites for hydroxylation is 2. The van der Waals surface area contributed by atoms with E-state index < -0.39 is 0 Å². The van der Waals surface area contributed by atoms with Crippen molar-refractivity contribution >= 4 is 17.4 Å². The highest BCUT2D eigenvalue weighted by Gasteiger charge is 2.49. The quantitative estimate of drug-likeness (QED) is 0.733. The van der Waals surface area contributed by atoms with Gasteiger partial charge in [0.25, 0.3) is 5.91 Å². The molecule has 1 N–H and O–H groups in total. The van der Waals surface area contributed by atoms with Crippen LogP contribution in [0.1, 0.15) is 40.7 Å². The van der Waals surface area contributed by atoms with Crippen LogP contribution in [0.2, 0.25) is 0 Å². The molecule has 2 aliphatic rings. The molecule has 8 nitrogen and oxygen atoms in total. The van der Waals surface area contributed by atoms with Gasteiger partial charge in [-0.15, -0.1) is 14.8 Å². The highest BCUT2D eigenvalue weighted by Crippen LogP contribution is 2.49. The van der Waals surface area contributed by atoms with Crippen molar-refractivity contribution < 1.29 is 4.79 Å². The van der Waals surface area contributed by atoms with E-state index in [9.17, 15) is 4.79 Å². The van der Waals surface area contributed by atoms with E-state index in [1.807, 2.05) is 38.1 Å². The average molecular weight is 391 g/mol. The molecule has 2 aromatic heterocycles. The second kappa shape index (κ2) is 6.79. The Hall–Kier alpha value is -3.03. The van der Waals surface area contributed by atoms with Gasteiger partial charge in [-0.3, -0.25) is 4.79 Å². The van der Waals surface area contributed by atoms with E-state index in [2.05, 4.69) is 36.9 Å². The van der Waals surface area contributed by atoms with Gasteiger partial charge in [0.1, 0.15) is 0 Å². The number of hydrogen-bond acceptors (Lipinski definition) is 6. The molecule has 1 aliphatic carbocycles. The number of hydrogen-bond donors (Lipinski definition) is 1. The van der Waals surface area contributed by atoms with Crippen LogP contribution in [-0.4, -0.2) is 50.8 Å². The number of amides is 1. The van der Waals surface area contributed by atoms with Crippen LogP contribution in [0.15, 0.2) is 30.3 Å². The van der Waals surface area contributed by atoms with Gasteiger partial charge in [-0.05, 0) is 66.8 Å². The number of carbonyl (C=O) groups excluding carboxylic acids is 1. The largest absolute Gasteiger partial charge is 0.354 e. The molecule has 1 aliphatic heterocycles. The van der Waals surface area contributed by atoms with E-state index in [0.717, 1.165) is 36.5 Å². The van der Waals surface area contributed by atoms with Gasteiger partial charge in [0.15, 0.2) is 11.5 Å². The summed E-state index contributed by atoms with van der Waals surface area (Å²) in [6.45, 7) is 6.60. The van der Waals surface area contributed by atoms with Crippen LogP contribution in [0, 0.1) is 25.2 Å². The summed E-state index contributed by atoms with van der Waals surface area (Å²) >= 11 is 0. The smallest absolute Gasteiger partial charge is 0.251 e. The number of anilines is 1. The van der Waals surface area contributed by atoms with Crippen LogP contribution in [0.5, 0.6) is 0 Å². The van der Waals surface area contributed by atoms with Gasteiger partial charge in [-0.2, -0.15) is 0 Å². The predicted octanol–water partition coefficient (Wildman–Crippen LogP) is 2.17. The number of benzene rings is 1. The minimum Gasteiger partial charge on any atom is -0.354 e. The average Bonchev–Trinajstić information content (AvgIpc) is 3.39. The molecule has 0 spiro atoms. The molecule has 0 unspecified atom stereocenters. The minimum absolute atomic E-state index is 0.0224. The molecule has 1 saturated heterocycles. The zero-order valence-corrected chi connectivity index (χ0v) is 16.8. The second-order valence-electron chi connectivity index (χ2n) is 8.55. The molecule has 0 bridgehead atoms. The molecule has 0 radical (unpaired) electrons. The Morgan fingerprint density at radius 3 is 3.03 bits per heavy atom.